The standard InChI is InChI=1S/C27H22F3N7O2/c1-39-23-15-19(27(28,29)30)10-13-21(23)31-25-26(38)37(16-22(32-25)18-5-3-2-4-6-18)20-11-7-17(8-12-20)9-14-24-33-35-36-34-24/h2-8,10-13,15-16H,9,14H2,1H3,(H,31,32)(H,33,34,35,36). The fourth-order valence-corrected chi connectivity index (χ4v) is 3.98. The highest BCUT2D eigenvalue weighted by Gasteiger charge is 2.31. The highest BCUT2D eigenvalue weighted by Crippen LogP contribution is 2.36. The number of benzene rings is 3. The van der Waals surface area contributed by atoms with E-state index >= 15 is 0 Å². The summed E-state index contributed by atoms with van der Waals surface area (Å²) >= 11 is 0. The van der Waals surface area contributed by atoms with Crippen LogP contribution in [-0.4, -0.2) is 37.3 Å². The summed E-state index contributed by atoms with van der Waals surface area (Å²) in [5, 5.41) is 16.7. The van der Waals surface area contributed by atoms with E-state index in [1.807, 2.05) is 54.6 Å². The number of nitrogens with one attached hydrogen (secondary N) is 2. The molecule has 2 heterocycles. The van der Waals surface area contributed by atoms with Crippen LogP contribution < -0.4 is 15.6 Å². The second kappa shape index (κ2) is 10.8. The van der Waals surface area contributed by atoms with Gasteiger partial charge in [0.15, 0.2) is 11.6 Å². The number of aromatic amines is 1. The molecule has 5 rings (SSSR count). The first-order valence-electron chi connectivity index (χ1n) is 11.8. The molecule has 2 N–H and O–H groups in total. The molecule has 0 bridgehead atoms. The summed E-state index contributed by atoms with van der Waals surface area (Å²) in [6, 6.07) is 19.7. The molecule has 0 amide bonds. The van der Waals surface area contributed by atoms with Crippen molar-refractivity contribution < 1.29 is 17.9 Å². The monoisotopic (exact) mass is 533 g/mol. The van der Waals surface area contributed by atoms with Gasteiger partial charge in [0, 0.05) is 23.9 Å². The Morgan fingerprint density at radius 3 is 2.44 bits per heavy atom. The fourth-order valence-electron chi connectivity index (χ4n) is 3.98. The van der Waals surface area contributed by atoms with Gasteiger partial charge < -0.3 is 10.1 Å². The lowest BCUT2D eigenvalue weighted by Gasteiger charge is -2.16. The Hall–Kier alpha value is -5.00. The van der Waals surface area contributed by atoms with Gasteiger partial charge in [-0.25, -0.2) is 4.98 Å². The molecule has 12 heteroatoms. The van der Waals surface area contributed by atoms with E-state index < -0.39 is 17.3 Å². The zero-order chi connectivity index (χ0) is 27.4. The van der Waals surface area contributed by atoms with Gasteiger partial charge in [-0.3, -0.25) is 9.36 Å². The number of hydrogen-bond acceptors (Lipinski definition) is 7. The fraction of sp³-hybridized carbons (Fsp3) is 0.148. The molecule has 0 fully saturated rings. The quantitative estimate of drug-likeness (QED) is 0.290. The maximum atomic E-state index is 13.5. The zero-order valence-corrected chi connectivity index (χ0v) is 20.6. The molecule has 0 radical (unpaired) electrons. The number of H-pyrrole nitrogens is 1. The van der Waals surface area contributed by atoms with Crippen LogP contribution >= 0.6 is 0 Å². The van der Waals surface area contributed by atoms with Gasteiger partial charge in [0.1, 0.15) is 5.75 Å². The van der Waals surface area contributed by atoms with Crippen molar-refractivity contribution >= 4 is 11.5 Å². The first kappa shape index (κ1) is 25.6. The lowest BCUT2D eigenvalue weighted by atomic mass is 10.1. The lowest BCUT2D eigenvalue weighted by Crippen LogP contribution is -2.23. The van der Waals surface area contributed by atoms with E-state index in [9.17, 15) is 18.0 Å². The summed E-state index contributed by atoms with van der Waals surface area (Å²) in [7, 11) is 1.26. The van der Waals surface area contributed by atoms with Crippen molar-refractivity contribution in [3.63, 3.8) is 0 Å². The van der Waals surface area contributed by atoms with Gasteiger partial charge in [-0.05, 0) is 42.3 Å². The SMILES string of the molecule is COc1cc(C(F)(F)F)ccc1Nc1nc(-c2ccccc2)cn(-c2ccc(CCc3nn[nH]n3)cc2)c1=O. The highest BCUT2D eigenvalue weighted by atomic mass is 19.4. The Morgan fingerprint density at radius 2 is 1.77 bits per heavy atom. The molecule has 0 saturated heterocycles. The Bertz CT molecular complexity index is 1620. The number of alkyl halides is 3. The summed E-state index contributed by atoms with van der Waals surface area (Å²) in [6.07, 6.45) is -1.63. The number of tetrazole rings is 1. The molecule has 0 unspecified atom stereocenters. The van der Waals surface area contributed by atoms with Crippen LogP contribution in [-0.2, 0) is 19.0 Å². The summed E-state index contributed by atoms with van der Waals surface area (Å²) < 4.78 is 46.2. The predicted molar refractivity (Wildman–Crippen MR) is 138 cm³/mol. The average Bonchev–Trinajstić information content (AvgIpc) is 3.47. The number of methoxy groups -OCH3 is 1. The molecule has 39 heavy (non-hydrogen) atoms. The summed E-state index contributed by atoms with van der Waals surface area (Å²) in [6.45, 7) is 0. The molecular formula is C27H22F3N7O2. The Kier molecular flexibility index (Phi) is 7.08. The van der Waals surface area contributed by atoms with E-state index in [4.69, 9.17) is 4.74 Å². The zero-order valence-electron chi connectivity index (χ0n) is 20.6. The van der Waals surface area contributed by atoms with Gasteiger partial charge in [-0.15, -0.1) is 10.2 Å². The van der Waals surface area contributed by atoms with Crippen LogP contribution in [0.5, 0.6) is 5.75 Å². The van der Waals surface area contributed by atoms with Crippen molar-refractivity contribution in [1.29, 1.82) is 0 Å². The Morgan fingerprint density at radius 1 is 1.00 bits per heavy atom. The number of aryl methyl sites for hydroxylation is 2. The van der Waals surface area contributed by atoms with E-state index in [-0.39, 0.29) is 17.3 Å². The second-order valence-electron chi connectivity index (χ2n) is 8.55. The molecule has 0 saturated carbocycles. The Balaban J connectivity index is 1.52. The summed E-state index contributed by atoms with van der Waals surface area (Å²) in [4.78, 5) is 18.0. The number of rotatable bonds is 8. The number of hydrogen-bond donors (Lipinski definition) is 2. The Labute approximate surface area is 220 Å². The first-order valence-corrected chi connectivity index (χ1v) is 11.8. The third kappa shape index (κ3) is 5.79. The van der Waals surface area contributed by atoms with E-state index in [0.29, 0.717) is 30.0 Å². The number of halogens is 3. The molecule has 5 aromatic rings. The number of ether oxygens (including phenoxy) is 1. The van der Waals surface area contributed by atoms with Crippen molar-refractivity contribution in [3.8, 4) is 22.7 Å². The van der Waals surface area contributed by atoms with E-state index in [1.54, 1.807) is 6.20 Å². The van der Waals surface area contributed by atoms with Crippen LogP contribution in [0.3, 0.4) is 0 Å². The average molecular weight is 534 g/mol. The maximum Gasteiger partial charge on any atom is 0.416 e. The van der Waals surface area contributed by atoms with Crippen LogP contribution in [0.1, 0.15) is 17.0 Å². The largest absolute Gasteiger partial charge is 0.495 e. The molecule has 198 valence electrons. The van der Waals surface area contributed by atoms with Crippen LogP contribution in [0.2, 0.25) is 0 Å². The smallest absolute Gasteiger partial charge is 0.416 e. The minimum Gasteiger partial charge on any atom is -0.495 e. The van der Waals surface area contributed by atoms with E-state index in [2.05, 4.69) is 30.9 Å². The number of aromatic nitrogens is 6. The third-order valence-corrected chi connectivity index (χ3v) is 6.00. The van der Waals surface area contributed by atoms with Gasteiger partial charge in [0.25, 0.3) is 5.56 Å². The van der Waals surface area contributed by atoms with Crippen LogP contribution in [0.4, 0.5) is 24.7 Å². The van der Waals surface area contributed by atoms with Crippen LogP contribution in [0.25, 0.3) is 16.9 Å². The van der Waals surface area contributed by atoms with Crippen molar-refractivity contribution in [3.05, 3.63) is 106 Å². The van der Waals surface area contributed by atoms with Crippen LogP contribution in [0.15, 0.2) is 83.8 Å². The normalized spacial score (nSPS) is 11.4. The van der Waals surface area contributed by atoms with Crippen LogP contribution in [0, 0.1) is 0 Å². The van der Waals surface area contributed by atoms with Crippen molar-refractivity contribution in [2.24, 2.45) is 0 Å². The molecule has 0 atom stereocenters. The van der Waals surface area contributed by atoms with Crippen molar-refractivity contribution in [1.82, 2.24) is 30.2 Å². The minimum atomic E-state index is -4.54. The third-order valence-electron chi connectivity index (χ3n) is 6.00. The summed E-state index contributed by atoms with van der Waals surface area (Å²) in [5.74, 6) is 0.454. The number of nitrogens with zero attached hydrogens (tertiary/aromatic N) is 5. The molecule has 3 aromatic carbocycles. The topological polar surface area (TPSA) is 111 Å². The van der Waals surface area contributed by atoms with Crippen molar-refractivity contribution in [2.75, 3.05) is 12.4 Å². The molecule has 9 nitrogen and oxygen atoms in total. The molecule has 0 aliphatic carbocycles. The molecular weight excluding hydrogens is 511 g/mol. The first-order chi connectivity index (χ1) is 18.8. The lowest BCUT2D eigenvalue weighted by molar-refractivity contribution is -0.137. The van der Waals surface area contributed by atoms with Gasteiger partial charge in [0.05, 0.1) is 24.1 Å². The van der Waals surface area contributed by atoms with Gasteiger partial charge in [-0.2, -0.15) is 18.4 Å². The molecule has 0 aliphatic rings. The predicted octanol–water partition coefficient (Wildman–Crippen LogP) is 4.97. The molecule has 0 spiro atoms. The minimum absolute atomic E-state index is 0.0735. The second-order valence-corrected chi connectivity index (χ2v) is 8.55. The molecule has 0 aliphatic heterocycles. The maximum absolute atomic E-state index is 13.5. The highest BCUT2D eigenvalue weighted by molar-refractivity contribution is 5.67. The van der Waals surface area contributed by atoms with E-state index in [0.717, 1.165) is 23.3 Å². The summed E-state index contributed by atoms with van der Waals surface area (Å²) in [5.41, 5.74) is 1.66. The van der Waals surface area contributed by atoms with E-state index in [1.165, 1.54) is 17.7 Å². The molecule has 2 aromatic heterocycles. The van der Waals surface area contributed by atoms with Gasteiger partial charge >= 0.3 is 6.18 Å². The van der Waals surface area contributed by atoms with Gasteiger partial charge in [0.2, 0.25) is 0 Å². The van der Waals surface area contributed by atoms with Gasteiger partial charge in [-0.1, -0.05) is 47.7 Å². The number of anilines is 2. The van der Waals surface area contributed by atoms with Crippen molar-refractivity contribution in [2.45, 2.75) is 19.0 Å².